The molecule has 0 bridgehead atoms. The standard InChI is InChI=1S/C15H15F4NS/c1-2-7-20-14(10-6-8-21-9-10)11-4-3-5-12(13(11)16)15(17,18)19/h3-6,8-9,14,20H,2,7H2,1H3. The molecule has 0 aliphatic heterocycles. The summed E-state index contributed by atoms with van der Waals surface area (Å²) in [5, 5.41) is 6.74. The van der Waals surface area contributed by atoms with Gasteiger partial charge in [-0.05, 0) is 41.4 Å². The zero-order valence-corrected chi connectivity index (χ0v) is 12.2. The predicted octanol–water partition coefficient (Wildman–Crippen LogP) is 5.00. The molecule has 0 aliphatic rings. The molecule has 0 aliphatic carbocycles. The second-order valence-corrected chi connectivity index (χ2v) is 5.43. The van der Waals surface area contributed by atoms with E-state index in [4.69, 9.17) is 0 Å². The molecule has 1 nitrogen and oxygen atoms in total. The number of nitrogens with one attached hydrogen (secondary N) is 1. The summed E-state index contributed by atoms with van der Waals surface area (Å²) in [5.74, 6) is -1.20. The third kappa shape index (κ3) is 3.63. The normalized spacial score (nSPS) is 13.4. The number of hydrogen-bond acceptors (Lipinski definition) is 2. The van der Waals surface area contributed by atoms with Crippen LogP contribution in [0.15, 0.2) is 35.0 Å². The number of alkyl halides is 3. The Morgan fingerprint density at radius 3 is 2.57 bits per heavy atom. The first-order valence-electron chi connectivity index (χ1n) is 6.56. The van der Waals surface area contributed by atoms with Crippen molar-refractivity contribution in [3.05, 3.63) is 57.5 Å². The Labute approximate surface area is 124 Å². The first-order valence-corrected chi connectivity index (χ1v) is 7.50. The lowest BCUT2D eigenvalue weighted by Crippen LogP contribution is -2.24. The van der Waals surface area contributed by atoms with Crippen LogP contribution in [-0.2, 0) is 6.18 Å². The molecule has 1 N–H and O–H groups in total. The minimum absolute atomic E-state index is 0.0247. The van der Waals surface area contributed by atoms with E-state index in [0.717, 1.165) is 18.1 Å². The highest BCUT2D eigenvalue weighted by atomic mass is 32.1. The molecule has 6 heteroatoms. The van der Waals surface area contributed by atoms with E-state index in [9.17, 15) is 17.6 Å². The number of rotatable bonds is 5. The minimum atomic E-state index is -4.69. The van der Waals surface area contributed by atoms with Gasteiger partial charge in [0.2, 0.25) is 0 Å². The molecule has 0 fully saturated rings. The van der Waals surface area contributed by atoms with Gasteiger partial charge in [-0.15, -0.1) is 0 Å². The van der Waals surface area contributed by atoms with Gasteiger partial charge in [0, 0.05) is 5.56 Å². The molecule has 0 spiro atoms. The van der Waals surface area contributed by atoms with Gasteiger partial charge in [-0.2, -0.15) is 24.5 Å². The molecule has 2 rings (SSSR count). The summed E-state index contributed by atoms with van der Waals surface area (Å²) in [6, 6.07) is 4.63. The van der Waals surface area contributed by atoms with Crippen molar-refractivity contribution in [3.8, 4) is 0 Å². The van der Waals surface area contributed by atoms with Gasteiger partial charge in [-0.1, -0.05) is 19.1 Å². The third-order valence-corrected chi connectivity index (χ3v) is 3.82. The maximum atomic E-state index is 14.3. The fourth-order valence-electron chi connectivity index (χ4n) is 2.13. The number of hydrogen-bond donors (Lipinski definition) is 1. The van der Waals surface area contributed by atoms with E-state index in [1.165, 1.54) is 23.5 Å². The van der Waals surface area contributed by atoms with Crippen LogP contribution in [0.2, 0.25) is 0 Å². The van der Waals surface area contributed by atoms with Gasteiger partial charge in [0.05, 0.1) is 11.6 Å². The molecular weight excluding hydrogens is 302 g/mol. The van der Waals surface area contributed by atoms with E-state index in [-0.39, 0.29) is 5.56 Å². The van der Waals surface area contributed by atoms with Crippen molar-refractivity contribution in [2.45, 2.75) is 25.6 Å². The van der Waals surface area contributed by atoms with Crippen molar-refractivity contribution in [1.29, 1.82) is 0 Å². The summed E-state index contributed by atoms with van der Waals surface area (Å²) in [5.41, 5.74) is -0.429. The lowest BCUT2D eigenvalue weighted by atomic mass is 9.98. The fourth-order valence-corrected chi connectivity index (χ4v) is 2.81. The molecule has 1 atom stereocenters. The molecule has 0 saturated heterocycles. The molecular formula is C15H15F4NS. The summed E-state index contributed by atoms with van der Waals surface area (Å²) in [4.78, 5) is 0. The summed E-state index contributed by atoms with van der Waals surface area (Å²) >= 11 is 1.43. The van der Waals surface area contributed by atoms with Crippen molar-refractivity contribution in [1.82, 2.24) is 5.32 Å². The van der Waals surface area contributed by atoms with E-state index in [1.807, 2.05) is 17.7 Å². The van der Waals surface area contributed by atoms with Crippen LogP contribution >= 0.6 is 11.3 Å². The highest BCUT2D eigenvalue weighted by Gasteiger charge is 2.35. The highest BCUT2D eigenvalue weighted by molar-refractivity contribution is 7.08. The quantitative estimate of drug-likeness (QED) is 0.766. The van der Waals surface area contributed by atoms with E-state index < -0.39 is 23.6 Å². The molecule has 1 aromatic heterocycles. The molecule has 2 aromatic rings. The van der Waals surface area contributed by atoms with Crippen molar-refractivity contribution in [2.75, 3.05) is 6.54 Å². The van der Waals surface area contributed by atoms with E-state index in [2.05, 4.69) is 5.32 Å². The molecule has 21 heavy (non-hydrogen) atoms. The predicted molar refractivity (Wildman–Crippen MR) is 75.9 cm³/mol. The van der Waals surface area contributed by atoms with E-state index in [1.54, 1.807) is 6.07 Å². The number of thiophene rings is 1. The van der Waals surface area contributed by atoms with E-state index >= 15 is 0 Å². The maximum Gasteiger partial charge on any atom is 0.419 e. The Bertz CT molecular complexity index is 578. The van der Waals surface area contributed by atoms with Gasteiger partial charge >= 0.3 is 6.18 Å². The SMILES string of the molecule is CCCNC(c1ccsc1)c1cccc(C(F)(F)F)c1F. The first kappa shape index (κ1) is 16.0. The van der Waals surface area contributed by atoms with Gasteiger partial charge in [0.15, 0.2) is 0 Å². The van der Waals surface area contributed by atoms with Gasteiger partial charge in [0.1, 0.15) is 5.82 Å². The molecule has 0 saturated carbocycles. The van der Waals surface area contributed by atoms with Crippen LogP contribution in [-0.4, -0.2) is 6.54 Å². The lowest BCUT2D eigenvalue weighted by molar-refractivity contribution is -0.140. The average Bonchev–Trinajstić information content (AvgIpc) is 2.93. The second-order valence-electron chi connectivity index (χ2n) is 4.65. The third-order valence-electron chi connectivity index (χ3n) is 3.12. The summed E-state index contributed by atoms with van der Waals surface area (Å²) in [6.45, 7) is 2.54. The van der Waals surface area contributed by atoms with Crippen LogP contribution in [0.4, 0.5) is 17.6 Å². The summed E-state index contributed by atoms with van der Waals surface area (Å²) < 4.78 is 52.8. The van der Waals surface area contributed by atoms with Gasteiger partial charge < -0.3 is 5.32 Å². The zero-order chi connectivity index (χ0) is 15.5. The van der Waals surface area contributed by atoms with Crippen LogP contribution in [0.3, 0.4) is 0 Å². The number of halogens is 4. The highest BCUT2D eigenvalue weighted by Crippen LogP contribution is 2.35. The van der Waals surface area contributed by atoms with Gasteiger partial charge in [-0.3, -0.25) is 0 Å². The molecule has 1 heterocycles. The van der Waals surface area contributed by atoms with Crippen molar-refractivity contribution >= 4 is 11.3 Å². The summed E-state index contributed by atoms with van der Waals surface area (Å²) in [6.07, 6.45) is -3.88. The van der Waals surface area contributed by atoms with Crippen molar-refractivity contribution in [3.63, 3.8) is 0 Å². The Morgan fingerprint density at radius 1 is 1.24 bits per heavy atom. The van der Waals surface area contributed by atoms with Crippen molar-refractivity contribution < 1.29 is 17.6 Å². The van der Waals surface area contributed by atoms with Crippen LogP contribution in [0.5, 0.6) is 0 Å². The van der Waals surface area contributed by atoms with E-state index in [0.29, 0.717) is 6.54 Å². The molecule has 114 valence electrons. The molecule has 0 radical (unpaired) electrons. The molecule has 1 aromatic carbocycles. The topological polar surface area (TPSA) is 12.0 Å². The van der Waals surface area contributed by atoms with Gasteiger partial charge in [-0.25, -0.2) is 4.39 Å². The minimum Gasteiger partial charge on any atom is -0.306 e. The van der Waals surface area contributed by atoms with Crippen LogP contribution in [0.1, 0.15) is 36.1 Å². The Morgan fingerprint density at radius 2 is 2.00 bits per heavy atom. The zero-order valence-electron chi connectivity index (χ0n) is 11.4. The average molecular weight is 317 g/mol. The van der Waals surface area contributed by atoms with Crippen molar-refractivity contribution in [2.24, 2.45) is 0 Å². The van der Waals surface area contributed by atoms with Crippen LogP contribution in [0, 0.1) is 5.82 Å². The van der Waals surface area contributed by atoms with Crippen LogP contribution < -0.4 is 5.32 Å². The molecule has 1 unspecified atom stereocenters. The van der Waals surface area contributed by atoms with Crippen LogP contribution in [0.25, 0.3) is 0 Å². The number of benzene rings is 1. The summed E-state index contributed by atoms with van der Waals surface area (Å²) in [7, 11) is 0. The fraction of sp³-hybridized carbons (Fsp3) is 0.333. The first-order chi connectivity index (χ1) is 9.95. The smallest absolute Gasteiger partial charge is 0.306 e. The Kier molecular flexibility index (Phi) is 5.00. The monoisotopic (exact) mass is 317 g/mol. The second kappa shape index (κ2) is 6.58. The van der Waals surface area contributed by atoms with Gasteiger partial charge in [0.25, 0.3) is 0 Å². The lowest BCUT2D eigenvalue weighted by Gasteiger charge is -2.20. The maximum absolute atomic E-state index is 14.3. The molecule has 0 amide bonds. The Hall–Kier alpha value is -1.40. The largest absolute Gasteiger partial charge is 0.419 e. The Balaban J connectivity index is 2.45.